The highest BCUT2D eigenvalue weighted by Crippen LogP contribution is 2.53. The monoisotopic (exact) mass is 398 g/mol. The maximum atomic E-state index is 13.4. The molecule has 148 valence electrons. The molecule has 6 heteroatoms. The number of thioether (sulfide) groups is 1. The smallest absolute Gasteiger partial charge is 0.234 e. The molecule has 1 aromatic carbocycles. The average Bonchev–Trinajstić information content (AvgIpc) is 3.36. The molecular weight excluding hydrogens is 372 g/mol. The minimum absolute atomic E-state index is 0.0221. The van der Waals surface area contributed by atoms with Crippen LogP contribution in [0, 0.1) is 11.8 Å². The number of hydrogen-bond donors (Lipinski definition) is 0. The number of anilines is 1. The Morgan fingerprint density at radius 3 is 2.61 bits per heavy atom. The zero-order chi connectivity index (χ0) is 19.5. The molecule has 4 aliphatic heterocycles. The number of rotatable bonds is 3. The average molecular weight is 399 g/mol. The first-order valence-corrected chi connectivity index (χ1v) is 11.3. The Hall–Kier alpha value is -1.79. The Kier molecular flexibility index (Phi) is 4.32. The van der Waals surface area contributed by atoms with Gasteiger partial charge in [-0.05, 0) is 23.6 Å². The summed E-state index contributed by atoms with van der Waals surface area (Å²) in [6.45, 7) is 6.34. The third-order valence-corrected chi connectivity index (χ3v) is 7.52. The molecule has 0 radical (unpaired) electrons. The Morgan fingerprint density at radius 1 is 1.21 bits per heavy atom. The topological polar surface area (TPSA) is 49.9 Å². The highest BCUT2D eigenvalue weighted by molar-refractivity contribution is 7.99. The van der Waals surface area contributed by atoms with Gasteiger partial charge < -0.3 is 14.5 Å². The first-order valence-electron chi connectivity index (χ1n) is 10.2. The van der Waals surface area contributed by atoms with E-state index in [1.807, 2.05) is 45.8 Å². The maximum absolute atomic E-state index is 13.4. The Bertz CT molecular complexity index is 831. The van der Waals surface area contributed by atoms with E-state index in [0.717, 1.165) is 30.3 Å². The third kappa shape index (κ3) is 2.65. The van der Waals surface area contributed by atoms with Crippen molar-refractivity contribution in [3.8, 4) is 0 Å². The Balaban J connectivity index is 1.43. The molecule has 4 heterocycles. The van der Waals surface area contributed by atoms with Crippen LogP contribution in [0.15, 0.2) is 36.4 Å². The minimum atomic E-state index is -0.649. The van der Waals surface area contributed by atoms with Crippen LogP contribution in [0.25, 0.3) is 0 Å². The van der Waals surface area contributed by atoms with Gasteiger partial charge in [-0.15, -0.1) is 0 Å². The third-order valence-electron chi connectivity index (χ3n) is 6.58. The summed E-state index contributed by atoms with van der Waals surface area (Å²) in [5, 5.41) is 0. The van der Waals surface area contributed by atoms with Gasteiger partial charge >= 0.3 is 0 Å². The second-order valence-electron chi connectivity index (χ2n) is 8.51. The summed E-state index contributed by atoms with van der Waals surface area (Å²) < 4.78 is 6.27. The van der Waals surface area contributed by atoms with Gasteiger partial charge in [-0.3, -0.25) is 9.59 Å². The molecule has 3 saturated heterocycles. The minimum Gasteiger partial charge on any atom is -0.360 e. The van der Waals surface area contributed by atoms with Crippen molar-refractivity contribution in [2.45, 2.75) is 31.5 Å². The number of nitrogens with zero attached hydrogens (tertiary/aromatic N) is 2. The number of carbonyl (C=O) groups excluding carboxylic acids is 2. The summed E-state index contributed by atoms with van der Waals surface area (Å²) in [5.74, 6) is 1.71. The number of hydrogen-bond acceptors (Lipinski definition) is 4. The van der Waals surface area contributed by atoms with Gasteiger partial charge in [0.1, 0.15) is 5.60 Å². The number of fused-ring (bicyclic) bond motifs is 1. The molecule has 0 saturated carbocycles. The fraction of sp³-hybridized carbons (Fsp3) is 0.545. The van der Waals surface area contributed by atoms with Gasteiger partial charge in [-0.2, -0.15) is 11.8 Å². The van der Waals surface area contributed by atoms with E-state index in [-0.39, 0.29) is 23.8 Å². The predicted molar refractivity (Wildman–Crippen MR) is 111 cm³/mol. The molecule has 1 spiro atoms. The largest absolute Gasteiger partial charge is 0.360 e. The zero-order valence-electron chi connectivity index (χ0n) is 16.3. The van der Waals surface area contributed by atoms with E-state index >= 15 is 0 Å². The molecule has 2 amide bonds. The van der Waals surface area contributed by atoms with Crippen LogP contribution in [0.1, 0.15) is 25.3 Å². The Morgan fingerprint density at radius 2 is 1.93 bits per heavy atom. The first-order chi connectivity index (χ1) is 13.5. The summed E-state index contributed by atoms with van der Waals surface area (Å²) in [5.41, 5.74) is 1.49. The number of ether oxygens (including phenoxy) is 1. The van der Waals surface area contributed by atoms with E-state index in [4.69, 9.17) is 4.74 Å². The van der Waals surface area contributed by atoms with Crippen molar-refractivity contribution in [3.05, 3.63) is 42.0 Å². The number of carbonyl (C=O) groups is 2. The van der Waals surface area contributed by atoms with Gasteiger partial charge in [0.15, 0.2) is 0 Å². The lowest BCUT2D eigenvalue weighted by Crippen LogP contribution is -2.48. The maximum Gasteiger partial charge on any atom is 0.234 e. The zero-order valence-corrected chi connectivity index (χ0v) is 17.2. The molecular formula is C22H26N2O3S. The van der Waals surface area contributed by atoms with Gasteiger partial charge in [0, 0.05) is 30.3 Å². The highest BCUT2D eigenvalue weighted by Gasteiger charge is 2.67. The Labute approximate surface area is 170 Å². The van der Waals surface area contributed by atoms with Gasteiger partial charge in [-0.25, -0.2) is 0 Å². The summed E-state index contributed by atoms with van der Waals surface area (Å²) in [4.78, 5) is 30.4. The second-order valence-corrected chi connectivity index (χ2v) is 9.73. The van der Waals surface area contributed by atoms with E-state index in [2.05, 4.69) is 26.0 Å². The van der Waals surface area contributed by atoms with E-state index < -0.39 is 11.5 Å². The lowest BCUT2D eigenvalue weighted by molar-refractivity contribution is -0.140. The van der Waals surface area contributed by atoms with Gasteiger partial charge in [0.2, 0.25) is 11.8 Å². The molecule has 4 aliphatic rings. The normalized spacial score (nSPS) is 33.8. The van der Waals surface area contributed by atoms with Crippen LogP contribution in [0.5, 0.6) is 0 Å². The fourth-order valence-corrected chi connectivity index (χ4v) is 5.94. The van der Waals surface area contributed by atoms with Crippen molar-refractivity contribution in [3.63, 3.8) is 0 Å². The molecule has 3 fully saturated rings. The van der Waals surface area contributed by atoms with Gasteiger partial charge in [-0.1, -0.05) is 38.1 Å². The van der Waals surface area contributed by atoms with Gasteiger partial charge in [0.05, 0.1) is 24.5 Å². The predicted octanol–water partition coefficient (Wildman–Crippen LogP) is 2.67. The van der Waals surface area contributed by atoms with Crippen LogP contribution >= 0.6 is 11.8 Å². The summed E-state index contributed by atoms with van der Waals surface area (Å²) >= 11 is 1.88. The van der Waals surface area contributed by atoms with Crippen molar-refractivity contribution >= 4 is 29.3 Å². The van der Waals surface area contributed by atoms with Gasteiger partial charge in [0.25, 0.3) is 0 Å². The second kappa shape index (κ2) is 6.63. The van der Waals surface area contributed by atoms with Crippen molar-refractivity contribution < 1.29 is 14.3 Å². The SMILES string of the molecule is CC(C)c1ccc(N2C[C@]34C=C[C@H](O3)[C@H](C(=O)N3CCSCC3)[C@@H]4C2=O)cc1. The molecule has 4 atom stereocenters. The van der Waals surface area contributed by atoms with E-state index in [9.17, 15) is 9.59 Å². The molecule has 0 aliphatic carbocycles. The van der Waals surface area contributed by atoms with Crippen molar-refractivity contribution in [2.75, 3.05) is 36.0 Å². The van der Waals surface area contributed by atoms with Crippen LogP contribution in [0.3, 0.4) is 0 Å². The van der Waals surface area contributed by atoms with Crippen LogP contribution in [-0.4, -0.2) is 59.6 Å². The molecule has 2 bridgehead atoms. The molecule has 5 rings (SSSR count). The van der Waals surface area contributed by atoms with Crippen molar-refractivity contribution in [1.82, 2.24) is 4.90 Å². The van der Waals surface area contributed by atoms with Crippen LogP contribution in [0.2, 0.25) is 0 Å². The lowest BCUT2D eigenvalue weighted by Gasteiger charge is -2.32. The van der Waals surface area contributed by atoms with Crippen LogP contribution in [0.4, 0.5) is 5.69 Å². The summed E-state index contributed by atoms with van der Waals surface area (Å²) in [6, 6.07) is 8.20. The molecule has 0 N–H and O–H groups in total. The fourth-order valence-electron chi connectivity index (χ4n) is 5.03. The number of benzene rings is 1. The van der Waals surface area contributed by atoms with Crippen LogP contribution in [-0.2, 0) is 14.3 Å². The molecule has 5 nitrogen and oxygen atoms in total. The van der Waals surface area contributed by atoms with Crippen molar-refractivity contribution in [2.24, 2.45) is 11.8 Å². The number of amides is 2. The van der Waals surface area contributed by atoms with Crippen molar-refractivity contribution in [1.29, 1.82) is 0 Å². The lowest BCUT2D eigenvalue weighted by atomic mass is 9.76. The van der Waals surface area contributed by atoms with E-state index in [0.29, 0.717) is 12.5 Å². The summed E-state index contributed by atoms with van der Waals surface area (Å²) in [7, 11) is 0. The standard InChI is InChI=1S/C22H26N2O3S/c1-14(2)15-3-5-16(6-4-15)24-13-22-8-7-17(27-22)18(19(22)21(24)26)20(25)23-9-11-28-12-10-23/h3-8,14,17-19H,9-13H2,1-2H3/t17-,18-,19+,22-/m0/s1. The molecule has 0 aromatic heterocycles. The highest BCUT2D eigenvalue weighted by atomic mass is 32.2. The molecule has 0 unspecified atom stereocenters. The van der Waals surface area contributed by atoms with E-state index in [1.165, 1.54) is 5.56 Å². The summed E-state index contributed by atoms with van der Waals surface area (Å²) in [6.07, 6.45) is 3.76. The van der Waals surface area contributed by atoms with Crippen LogP contribution < -0.4 is 4.90 Å². The molecule has 28 heavy (non-hydrogen) atoms. The molecule has 1 aromatic rings. The quantitative estimate of drug-likeness (QED) is 0.735. The van der Waals surface area contributed by atoms with E-state index in [1.54, 1.807) is 0 Å². The first kappa shape index (κ1) is 18.3.